The quantitative estimate of drug-likeness (QED) is 0.764. The summed E-state index contributed by atoms with van der Waals surface area (Å²) in [5.74, 6) is 0.956. The fourth-order valence-corrected chi connectivity index (χ4v) is 6.28. The van der Waals surface area contributed by atoms with Crippen LogP contribution in [0.4, 0.5) is 0 Å². The van der Waals surface area contributed by atoms with Crippen LogP contribution >= 0.6 is 11.3 Å². The van der Waals surface area contributed by atoms with E-state index in [2.05, 4.69) is 29.0 Å². The molecule has 154 valence electrons. The van der Waals surface area contributed by atoms with E-state index in [1.165, 1.54) is 4.88 Å². The molecule has 2 aromatic heterocycles. The maximum Gasteiger partial charge on any atom is 0.225 e. The summed E-state index contributed by atoms with van der Waals surface area (Å²) in [4.78, 5) is 13.5. The number of aliphatic hydroxyl groups excluding tert-OH is 1. The standard InChI is InChI=1S/C19H28N4O3S2/c1-22(2)13-3-5-14(6-4-13)26-18-17-15-11-23(28(25)10-9-24)8-7-16(15)27-19(17)21-12-20-18/h12-14,24H,3-11H2,1-2H3. The average Bonchev–Trinajstić information content (AvgIpc) is 3.07. The van der Waals surface area contributed by atoms with Gasteiger partial charge in [-0.15, -0.1) is 11.3 Å². The van der Waals surface area contributed by atoms with E-state index >= 15 is 0 Å². The summed E-state index contributed by atoms with van der Waals surface area (Å²) in [6.45, 7) is 1.27. The van der Waals surface area contributed by atoms with Crippen LogP contribution in [0, 0.1) is 0 Å². The Kier molecular flexibility index (Phi) is 6.27. The second-order valence-electron chi connectivity index (χ2n) is 7.74. The lowest BCUT2D eigenvalue weighted by Crippen LogP contribution is -2.35. The number of ether oxygens (including phenoxy) is 1. The predicted octanol–water partition coefficient (Wildman–Crippen LogP) is 1.96. The highest BCUT2D eigenvalue weighted by molar-refractivity contribution is 7.82. The van der Waals surface area contributed by atoms with Gasteiger partial charge in [0.2, 0.25) is 5.88 Å². The number of rotatable bonds is 6. The molecule has 0 radical (unpaired) electrons. The first-order valence-electron chi connectivity index (χ1n) is 9.89. The Morgan fingerprint density at radius 2 is 2.11 bits per heavy atom. The minimum absolute atomic E-state index is 0.0621. The van der Waals surface area contributed by atoms with Gasteiger partial charge < -0.3 is 14.7 Å². The topological polar surface area (TPSA) is 78.8 Å². The monoisotopic (exact) mass is 424 g/mol. The van der Waals surface area contributed by atoms with Crippen molar-refractivity contribution in [2.45, 2.75) is 50.8 Å². The first-order chi connectivity index (χ1) is 13.6. The molecule has 3 heterocycles. The summed E-state index contributed by atoms with van der Waals surface area (Å²) in [7, 11) is 3.13. The largest absolute Gasteiger partial charge is 0.474 e. The molecular weight excluding hydrogens is 396 g/mol. The summed E-state index contributed by atoms with van der Waals surface area (Å²) in [5.41, 5.74) is 1.15. The van der Waals surface area contributed by atoms with E-state index in [0.717, 1.165) is 54.4 Å². The van der Waals surface area contributed by atoms with Gasteiger partial charge in [0.05, 0.1) is 28.7 Å². The zero-order valence-corrected chi connectivity index (χ0v) is 18.1. The molecule has 1 saturated carbocycles. The van der Waals surface area contributed by atoms with Crippen LogP contribution in [0.2, 0.25) is 0 Å². The van der Waals surface area contributed by atoms with Crippen molar-refractivity contribution in [3.63, 3.8) is 0 Å². The number of fused-ring (bicyclic) bond motifs is 3. The zero-order valence-electron chi connectivity index (χ0n) is 16.5. The van der Waals surface area contributed by atoms with Gasteiger partial charge in [-0.2, -0.15) is 0 Å². The molecule has 1 N–H and O–H groups in total. The molecule has 1 atom stereocenters. The Balaban J connectivity index is 1.56. The highest BCUT2D eigenvalue weighted by Gasteiger charge is 2.29. The van der Waals surface area contributed by atoms with Crippen molar-refractivity contribution in [1.82, 2.24) is 19.2 Å². The maximum absolute atomic E-state index is 12.4. The number of aromatic nitrogens is 2. The van der Waals surface area contributed by atoms with E-state index in [9.17, 15) is 4.21 Å². The first kappa shape index (κ1) is 20.2. The Morgan fingerprint density at radius 1 is 1.32 bits per heavy atom. The van der Waals surface area contributed by atoms with Crippen molar-refractivity contribution < 1.29 is 14.1 Å². The number of nitrogens with zero attached hydrogens (tertiary/aromatic N) is 4. The van der Waals surface area contributed by atoms with E-state index in [0.29, 0.717) is 18.5 Å². The molecule has 28 heavy (non-hydrogen) atoms. The van der Waals surface area contributed by atoms with E-state index in [1.807, 2.05) is 4.31 Å². The second-order valence-corrected chi connectivity index (χ2v) is 10.4. The van der Waals surface area contributed by atoms with Crippen molar-refractivity contribution in [3.8, 4) is 5.88 Å². The van der Waals surface area contributed by atoms with Crippen LogP contribution in [-0.4, -0.2) is 73.6 Å². The summed E-state index contributed by atoms with van der Waals surface area (Å²) < 4.78 is 20.7. The van der Waals surface area contributed by atoms with Crippen molar-refractivity contribution in [2.24, 2.45) is 0 Å². The molecule has 2 aliphatic rings. The number of aliphatic hydroxyl groups is 1. The molecule has 0 spiro atoms. The van der Waals surface area contributed by atoms with Crippen LogP contribution < -0.4 is 4.74 Å². The van der Waals surface area contributed by atoms with Crippen LogP contribution in [-0.2, 0) is 24.0 Å². The van der Waals surface area contributed by atoms with Gasteiger partial charge in [0, 0.05) is 24.0 Å². The minimum atomic E-state index is -1.16. The fraction of sp³-hybridized carbons (Fsp3) is 0.684. The molecule has 0 bridgehead atoms. The predicted molar refractivity (Wildman–Crippen MR) is 112 cm³/mol. The molecule has 2 aromatic rings. The molecule has 9 heteroatoms. The molecule has 1 fully saturated rings. The minimum Gasteiger partial charge on any atom is -0.474 e. The highest BCUT2D eigenvalue weighted by Crippen LogP contribution is 2.39. The van der Waals surface area contributed by atoms with Crippen LogP contribution in [0.15, 0.2) is 6.33 Å². The first-order valence-corrected chi connectivity index (χ1v) is 12.0. The van der Waals surface area contributed by atoms with Crippen LogP contribution in [0.1, 0.15) is 36.1 Å². The van der Waals surface area contributed by atoms with E-state index in [1.54, 1.807) is 17.7 Å². The summed E-state index contributed by atoms with van der Waals surface area (Å²) in [6.07, 6.45) is 6.98. The van der Waals surface area contributed by atoms with E-state index in [-0.39, 0.29) is 18.5 Å². The smallest absolute Gasteiger partial charge is 0.225 e. The molecule has 0 amide bonds. The van der Waals surface area contributed by atoms with Crippen molar-refractivity contribution >= 4 is 32.5 Å². The highest BCUT2D eigenvalue weighted by atomic mass is 32.2. The third-order valence-electron chi connectivity index (χ3n) is 5.76. The SMILES string of the molecule is CN(C)C1CCC(Oc2ncnc3sc4c(c23)CN(S(=O)CCO)CC4)CC1. The van der Waals surface area contributed by atoms with Gasteiger partial charge in [0.15, 0.2) is 0 Å². The third kappa shape index (κ3) is 4.09. The molecule has 4 rings (SSSR count). The van der Waals surface area contributed by atoms with Gasteiger partial charge in [0.25, 0.3) is 0 Å². The zero-order chi connectivity index (χ0) is 19.7. The van der Waals surface area contributed by atoms with E-state index < -0.39 is 11.0 Å². The van der Waals surface area contributed by atoms with Gasteiger partial charge >= 0.3 is 0 Å². The Labute approximate surface area is 172 Å². The fourth-order valence-electron chi connectivity index (χ4n) is 4.17. The third-order valence-corrected chi connectivity index (χ3v) is 8.38. The van der Waals surface area contributed by atoms with Crippen molar-refractivity contribution in [2.75, 3.05) is 33.0 Å². The Bertz CT molecular complexity index is 849. The number of hydrogen-bond acceptors (Lipinski definition) is 7. The molecule has 0 aromatic carbocycles. The molecule has 1 aliphatic carbocycles. The molecule has 0 saturated heterocycles. The van der Waals surface area contributed by atoms with Gasteiger partial charge in [-0.1, -0.05) is 0 Å². The maximum atomic E-state index is 12.4. The summed E-state index contributed by atoms with van der Waals surface area (Å²) in [6, 6.07) is 0.634. The van der Waals surface area contributed by atoms with Crippen molar-refractivity contribution in [3.05, 3.63) is 16.8 Å². The summed E-state index contributed by atoms with van der Waals surface area (Å²) in [5, 5.41) is 10.1. The second kappa shape index (κ2) is 8.71. The number of hydrogen-bond donors (Lipinski definition) is 1. The molecule has 1 unspecified atom stereocenters. The Hall–Kier alpha value is -1.13. The van der Waals surface area contributed by atoms with Gasteiger partial charge in [-0.25, -0.2) is 18.5 Å². The lowest BCUT2D eigenvalue weighted by atomic mass is 9.92. The van der Waals surface area contributed by atoms with Crippen molar-refractivity contribution in [1.29, 1.82) is 0 Å². The number of thiophene rings is 1. The molecule has 1 aliphatic heterocycles. The lowest BCUT2D eigenvalue weighted by Gasteiger charge is -2.32. The van der Waals surface area contributed by atoms with Gasteiger partial charge in [-0.3, -0.25) is 0 Å². The Morgan fingerprint density at radius 3 is 2.82 bits per heavy atom. The summed E-state index contributed by atoms with van der Waals surface area (Å²) >= 11 is 1.69. The van der Waals surface area contributed by atoms with Gasteiger partial charge in [0.1, 0.15) is 17.3 Å². The van der Waals surface area contributed by atoms with E-state index in [4.69, 9.17) is 9.84 Å². The van der Waals surface area contributed by atoms with Gasteiger partial charge in [-0.05, 0) is 51.8 Å². The normalized spacial score (nSPS) is 24.4. The van der Waals surface area contributed by atoms with Crippen LogP contribution in [0.3, 0.4) is 0 Å². The van der Waals surface area contributed by atoms with Crippen LogP contribution in [0.25, 0.3) is 10.2 Å². The molecule has 7 nitrogen and oxygen atoms in total. The molecular formula is C19H28N4O3S2. The lowest BCUT2D eigenvalue weighted by molar-refractivity contribution is 0.108. The average molecular weight is 425 g/mol. The van der Waals surface area contributed by atoms with Crippen LogP contribution in [0.5, 0.6) is 5.88 Å².